The van der Waals surface area contributed by atoms with E-state index in [2.05, 4.69) is 38.1 Å². The lowest BCUT2D eigenvalue weighted by Crippen LogP contribution is -2.36. The van der Waals surface area contributed by atoms with Gasteiger partial charge in [0, 0.05) is 5.41 Å². The molecular weight excluding hydrogens is 352 g/mol. The molecule has 0 aliphatic heterocycles. The highest BCUT2D eigenvalue weighted by molar-refractivity contribution is 5.44. The van der Waals surface area contributed by atoms with Crippen LogP contribution in [0, 0.1) is 11.8 Å². The molecule has 0 spiro atoms. The van der Waals surface area contributed by atoms with E-state index < -0.39 is 0 Å². The second kappa shape index (κ2) is 9.44. The van der Waals surface area contributed by atoms with Crippen molar-refractivity contribution in [2.45, 2.75) is 38.5 Å². The van der Waals surface area contributed by atoms with Gasteiger partial charge in [0.25, 0.3) is 0 Å². The molecular formula is C24H32O4. The summed E-state index contributed by atoms with van der Waals surface area (Å²) in [4.78, 5) is 0. The molecule has 4 heteroatoms. The summed E-state index contributed by atoms with van der Waals surface area (Å²) >= 11 is 0. The van der Waals surface area contributed by atoms with Crippen LogP contribution < -0.4 is 9.47 Å². The molecule has 3 rings (SSSR count). The zero-order chi connectivity index (χ0) is 20.0. The van der Waals surface area contributed by atoms with Gasteiger partial charge in [0.15, 0.2) is 0 Å². The summed E-state index contributed by atoms with van der Waals surface area (Å²) in [6.45, 7) is 5.36. The van der Waals surface area contributed by atoms with E-state index >= 15 is 0 Å². The number of hydrogen-bond donors (Lipinski definition) is 2. The Kier molecular flexibility index (Phi) is 6.97. The van der Waals surface area contributed by atoms with E-state index in [1.807, 2.05) is 24.3 Å². The predicted octanol–water partition coefficient (Wildman–Crippen LogP) is 4.17. The molecule has 0 bridgehead atoms. The van der Waals surface area contributed by atoms with Crippen LogP contribution in [0.3, 0.4) is 0 Å². The Morgan fingerprint density at radius 3 is 1.50 bits per heavy atom. The predicted molar refractivity (Wildman–Crippen MR) is 111 cm³/mol. The summed E-state index contributed by atoms with van der Waals surface area (Å²) in [7, 11) is 0. The fourth-order valence-electron chi connectivity index (χ4n) is 4.83. The van der Waals surface area contributed by atoms with Gasteiger partial charge in [0.2, 0.25) is 0 Å². The number of hydrogen-bond acceptors (Lipinski definition) is 4. The topological polar surface area (TPSA) is 58.9 Å². The molecule has 1 fully saturated rings. The fourth-order valence-corrected chi connectivity index (χ4v) is 4.83. The van der Waals surface area contributed by atoms with Crippen molar-refractivity contribution in [3.05, 3.63) is 59.7 Å². The van der Waals surface area contributed by atoms with Crippen LogP contribution in [0.4, 0.5) is 0 Å². The SMILES string of the molecule is CC1CC(C)CC(c2ccc(OCCO)cc2)(c2ccc(OCCO)cc2)C1. The highest BCUT2D eigenvalue weighted by Crippen LogP contribution is 2.49. The van der Waals surface area contributed by atoms with Gasteiger partial charge in [-0.25, -0.2) is 0 Å². The summed E-state index contributed by atoms with van der Waals surface area (Å²) in [6.07, 6.45) is 3.49. The van der Waals surface area contributed by atoms with E-state index in [-0.39, 0.29) is 18.6 Å². The average Bonchev–Trinajstić information content (AvgIpc) is 2.70. The first-order chi connectivity index (χ1) is 13.6. The van der Waals surface area contributed by atoms with E-state index in [0.29, 0.717) is 25.0 Å². The van der Waals surface area contributed by atoms with Crippen molar-refractivity contribution in [1.29, 1.82) is 0 Å². The molecule has 2 atom stereocenters. The van der Waals surface area contributed by atoms with Crippen molar-refractivity contribution in [3.8, 4) is 11.5 Å². The lowest BCUT2D eigenvalue weighted by molar-refractivity contribution is 0.199. The Hall–Kier alpha value is -2.04. The molecule has 0 aromatic heterocycles. The Morgan fingerprint density at radius 2 is 1.14 bits per heavy atom. The fraction of sp³-hybridized carbons (Fsp3) is 0.500. The minimum Gasteiger partial charge on any atom is -0.491 e. The van der Waals surface area contributed by atoms with Crippen molar-refractivity contribution >= 4 is 0 Å². The largest absolute Gasteiger partial charge is 0.491 e. The average molecular weight is 385 g/mol. The monoisotopic (exact) mass is 384 g/mol. The van der Waals surface area contributed by atoms with Crippen LogP contribution in [-0.2, 0) is 5.41 Å². The van der Waals surface area contributed by atoms with Gasteiger partial charge in [0.1, 0.15) is 24.7 Å². The third kappa shape index (κ3) is 4.68. The van der Waals surface area contributed by atoms with Gasteiger partial charge >= 0.3 is 0 Å². The highest BCUT2D eigenvalue weighted by atomic mass is 16.5. The molecule has 1 saturated carbocycles. The molecule has 2 unspecified atom stereocenters. The lowest BCUT2D eigenvalue weighted by atomic mass is 9.60. The van der Waals surface area contributed by atoms with Crippen LogP contribution in [-0.4, -0.2) is 36.6 Å². The van der Waals surface area contributed by atoms with Gasteiger partial charge in [-0.3, -0.25) is 0 Å². The Labute approximate surface area is 168 Å². The minimum absolute atomic E-state index is 0.0193. The van der Waals surface area contributed by atoms with E-state index in [0.717, 1.165) is 24.3 Å². The van der Waals surface area contributed by atoms with Crippen LogP contribution in [0.2, 0.25) is 0 Å². The summed E-state index contributed by atoms with van der Waals surface area (Å²) in [5.74, 6) is 2.88. The van der Waals surface area contributed by atoms with Gasteiger partial charge in [-0.15, -0.1) is 0 Å². The quantitative estimate of drug-likeness (QED) is 0.717. The summed E-state index contributed by atoms with van der Waals surface area (Å²) in [5.41, 5.74) is 2.60. The second-order valence-corrected chi connectivity index (χ2v) is 8.13. The Morgan fingerprint density at radius 1 is 0.750 bits per heavy atom. The molecule has 0 amide bonds. The van der Waals surface area contributed by atoms with Crippen molar-refractivity contribution in [2.75, 3.05) is 26.4 Å². The number of rotatable bonds is 8. The third-order valence-electron chi connectivity index (χ3n) is 5.73. The van der Waals surface area contributed by atoms with Gasteiger partial charge in [0.05, 0.1) is 13.2 Å². The van der Waals surface area contributed by atoms with E-state index in [4.69, 9.17) is 19.7 Å². The first kappa shape index (κ1) is 20.7. The second-order valence-electron chi connectivity index (χ2n) is 8.13. The van der Waals surface area contributed by atoms with E-state index in [9.17, 15) is 0 Å². The van der Waals surface area contributed by atoms with Gasteiger partial charge in [-0.1, -0.05) is 38.1 Å². The van der Waals surface area contributed by atoms with Gasteiger partial charge in [-0.2, -0.15) is 0 Å². The molecule has 152 valence electrons. The maximum absolute atomic E-state index is 8.96. The molecule has 2 aromatic carbocycles. The summed E-state index contributed by atoms with van der Waals surface area (Å²) < 4.78 is 11.1. The number of benzene rings is 2. The maximum atomic E-state index is 8.96. The van der Waals surface area contributed by atoms with Gasteiger partial charge in [-0.05, 0) is 66.5 Å². The lowest BCUT2D eigenvalue weighted by Gasteiger charge is -2.44. The third-order valence-corrected chi connectivity index (χ3v) is 5.73. The first-order valence-corrected chi connectivity index (χ1v) is 10.3. The number of aliphatic hydroxyl groups excluding tert-OH is 2. The molecule has 2 N–H and O–H groups in total. The van der Waals surface area contributed by atoms with E-state index in [1.165, 1.54) is 17.5 Å². The van der Waals surface area contributed by atoms with Crippen LogP contribution in [0.1, 0.15) is 44.2 Å². The van der Waals surface area contributed by atoms with Crippen molar-refractivity contribution in [2.24, 2.45) is 11.8 Å². The summed E-state index contributed by atoms with van der Waals surface area (Å²) in [6, 6.07) is 16.7. The molecule has 0 saturated heterocycles. The molecule has 2 aromatic rings. The Bertz CT molecular complexity index is 660. The van der Waals surface area contributed by atoms with Gasteiger partial charge < -0.3 is 19.7 Å². The van der Waals surface area contributed by atoms with E-state index in [1.54, 1.807) is 0 Å². The normalized spacial score (nSPS) is 21.3. The minimum atomic E-state index is -0.0257. The molecule has 0 radical (unpaired) electrons. The Balaban J connectivity index is 1.94. The maximum Gasteiger partial charge on any atom is 0.119 e. The standard InChI is InChI=1S/C24H32O4/c1-18-15-19(2)17-24(16-18,20-3-7-22(8-4-20)27-13-11-25)21-5-9-23(10-6-21)28-14-12-26/h3-10,18-19,25-26H,11-17H2,1-2H3. The van der Waals surface area contributed by atoms with Crippen molar-refractivity contribution in [1.82, 2.24) is 0 Å². The van der Waals surface area contributed by atoms with Crippen LogP contribution >= 0.6 is 0 Å². The van der Waals surface area contributed by atoms with Crippen molar-refractivity contribution < 1.29 is 19.7 Å². The van der Waals surface area contributed by atoms with Crippen molar-refractivity contribution in [3.63, 3.8) is 0 Å². The molecule has 4 nitrogen and oxygen atoms in total. The number of aliphatic hydroxyl groups is 2. The first-order valence-electron chi connectivity index (χ1n) is 10.3. The zero-order valence-corrected chi connectivity index (χ0v) is 16.9. The highest BCUT2D eigenvalue weighted by Gasteiger charge is 2.40. The molecule has 1 aliphatic carbocycles. The van der Waals surface area contributed by atoms with Crippen LogP contribution in [0.25, 0.3) is 0 Å². The number of ether oxygens (including phenoxy) is 2. The summed E-state index contributed by atoms with van der Waals surface area (Å²) in [5, 5.41) is 17.9. The molecule has 28 heavy (non-hydrogen) atoms. The molecule has 0 heterocycles. The smallest absolute Gasteiger partial charge is 0.119 e. The van der Waals surface area contributed by atoms with Crippen LogP contribution in [0.5, 0.6) is 11.5 Å². The molecule has 1 aliphatic rings. The van der Waals surface area contributed by atoms with Crippen LogP contribution in [0.15, 0.2) is 48.5 Å². The zero-order valence-electron chi connectivity index (χ0n) is 16.9.